The molecule has 1 aromatic carbocycles. The molecule has 2 rings (SSSR count). The zero-order valence-electron chi connectivity index (χ0n) is 12.7. The van der Waals surface area contributed by atoms with Gasteiger partial charge in [-0.2, -0.15) is 4.31 Å². The summed E-state index contributed by atoms with van der Waals surface area (Å²) < 4.78 is 32.1. The van der Waals surface area contributed by atoms with Crippen LogP contribution in [0.15, 0.2) is 29.2 Å². The lowest BCUT2D eigenvalue weighted by Crippen LogP contribution is -2.29. The number of rotatable bonds is 6. The molecule has 21 heavy (non-hydrogen) atoms. The molecule has 1 aliphatic rings. The molecule has 6 heteroatoms. The molecule has 0 amide bonds. The number of nitrogens with zero attached hydrogens (tertiary/aromatic N) is 1. The maximum atomic E-state index is 12.7. The van der Waals surface area contributed by atoms with Crippen molar-refractivity contribution in [1.29, 1.82) is 0 Å². The summed E-state index contributed by atoms with van der Waals surface area (Å²) in [7, 11) is -1.79. The van der Waals surface area contributed by atoms with Crippen LogP contribution in [0.5, 0.6) is 0 Å². The number of methoxy groups -OCH3 is 1. The van der Waals surface area contributed by atoms with E-state index in [4.69, 9.17) is 10.5 Å². The Labute approximate surface area is 127 Å². The van der Waals surface area contributed by atoms with Gasteiger partial charge in [0, 0.05) is 26.2 Å². The van der Waals surface area contributed by atoms with Crippen molar-refractivity contribution in [3.8, 4) is 0 Å². The molecule has 2 N–H and O–H groups in total. The summed E-state index contributed by atoms with van der Waals surface area (Å²) in [5.74, 6) is 0.283. The quantitative estimate of drug-likeness (QED) is 0.868. The number of benzene rings is 1. The third-order valence-corrected chi connectivity index (χ3v) is 5.88. The van der Waals surface area contributed by atoms with E-state index in [2.05, 4.69) is 0 Å². The molecular formula is C15H24N2O3S. The average Bonchev–Trinajstić information content (AvgIpc) is 2.96. The second kappa shape index (κ2) is 6.87. The molecule has 0 bridgehead atoms. The minimum atomic E-state index is -3.43. The zero-order valence-corrected chi connectivity index (χ0v) is 13.5. The predicted octanol–water partition coefficient (Wildman–Crippen LogP) is 1.75. The Morgan fingerprint density at radius 1 is 1.48 bits per heavy atom. The van der Waals surface area contributed by atoms with Gasteiger partial charge in [0.05, 0.1) is 11.5 Å². The van der Waals surface area contributed by atoms with Crippen LogP contribution in [0.25, 0.3) is 0 Å². The summed E-state index contributed by atoms with van der Waals surface area (Å²) in [6, 6.07) is 6.86. The van der Waals surface area contributed by atoms with Gasteiger partial charge in [0.25, 0.3) is 0 Å². The topological polar surface area (TPSA) is 72.6 Å². The van der Waals surface area contributed by atoms with E-state index in [0.717, 1.165) is 18.4 Å². The first kappa shape index (κ1) is 16.4. The summed E-state index contributed by atoms with van der Waals surface area (Å²) in [4.78, 5) is 0.335. The van der Waals surface area contributed by atoms with E-state index in [1.165, 1.54) is 0 Å². The molecule has 2 unspecified atom stereocenters. The maximum absolute atomic E-state index is 12.7. The van der Waals surface area contributed by atoms with Crippen LogP contribution in [-0.2, 0) is 14.8 Å². The summed E-state index contributed by atoms with van der Waals surface area (Å²) >= 11 is 0. The number of nitrogens with two attached hydrogens (primary N) is 1. The van der Waals surface area contributed by atoms with E-state index >= 15 is 0 Å². The van der Waals surface area contributed by atoms with Gasteiger partial charge in [0.15, 0.2) is 0 Å². The first-order chi connectivity index (χ1) is 9.98. The lowest BCUT2D eigenvalue weighted by atomic mass is 10.1. The van der Waals surface area contributed by atoms with Crippen molar-refractivity contribution in [3.63, 3.8) is 0 Å². The predicted molar refractivity (Wildman–Crippen MR) is 82.4 cm³/mol. The van der Waals surface area contributed by atoms with Crippen molar-refractivity contribution < 1.29 is 13.2 Å². The fourth-order valence-corrected chi connectivity index (χ4v) is 4.26. The average molecular weight is 312 g/mol. The van der Waals surface area contributed by atoms with Gasteiger partial charge < -0.3 is 10.5 Å². The Morgan fingerprint density at radius 2 is 2.24 bits per heavy atom. The Kier molecular flexibility index (Phi) is 5.37. The normalized spacial score (nSPS) is 21.6. The number of ether oxygens (including phenoxy) is 1. The maximum Gasteiger partial charge on any atom is 0.243 e. The van der Waals surface area contributed by atoms with Crippen molar-refractivity contribution in [3.05, 3.63) is 29.8 Å². The van der Waals surface area contributed by atoms with Gasteiger partial charge >= 0.3 is 0 Å². The van der Waals surface area contributed by atoms with Gasteiger partial charge in [0.2, 0.25) is 10.0 Å². The fourth-order valence-electron chi connectivity index (χ4n) is 2.68. The van der Waals surface area contributed by atoms with Crippen molar-refractivity contribution in [2.45, 2.75) is 30.7 Å². The van der Waals surface area contributed by atoms with Crippen molar-refractivity contribution in [1.82, 2.24) is 4.31 Å². The highest BCUT2D eigenvalue weighted by molar-refractivity contribution is 7.89. The second-order valence-corrected chi connectivity index (χ2v) is 7.50. The van der Waals surface area contributed by atoms with Crippen LogP contribution in [0.3, 0.4) is 0 Å². The molecule has 0 aliphatic carbocycles. The van der Waals surface area contributed by atoms with E-state index in [1.807, 2.05) is 13.0 Å². The zero-order chi connectivity index (χ0) is 15.5. The summed E-state index contributed by atoms with van der Waals surface area (Å²) in [5.41, 5.74) is 6.86. The molecular weight excluding hydrogens is 288 g/mol. The molecule has 2 atom stereocenters. The number of sulfonamides is 1. The van der Waals surface area contributed by atoms with Crippen LogP contribution in [0.2, 0.25) is 0 Å². The molecule has 1 fully saturated rings. The lowest BCUT2D eigenvalue weighted by Gasteiger charge is -2.18. The smallest absolute Gasteiger partial charge is 0.243 e. The Balaban J connectivity index is 2.20. The highest BCUT2D eigenvalue weighted by Gasteiger charge is 2.32. The summed E-state index contributed by atoms with van der Waals surface area (Å²) in [5, 5.41) is 0. The first-order valence-electron chi connectivity index (χ1n) is 7.33. The van der Waals surface area contributed by atoms with E-state index in [-0.39, 0.29) is 12.0 Å². The third-order valence-electron chi connectivity index (χ3n) is 4.01. The molecule has 118 valence electrons. The molecule has 1 heterocycles. The largest absolute Gasteiger partial charge is 0.384 e. The van der Waals surface area contributed by atoms with E-state index in [9.17, 15) is 8.42 Å². The number of hydrogen-bond donors (Lipinski definition) is 1. The molecule has 0 spiro atoms. The minimum Gasteiger partial charge on any atom is -0.384 e. The fraction of sp³-hybridized carbons (Fsp3) is 0.600. The van der Waals surface area contributed by atoms with Crippen molar-refractivity contribution in [2.24, 2.45) is 11.7 Å². The molecule has 0 aromatic heterocycles. The van der Waals surface area contributed by atoms with E-state index < -0.39 is 10.0 Å². The highest BCUT2D eigenvalue weighted by atomic mass is 32.2. The Bertz CT molecular complexity index is 574. The van der Waals surface area contributed by atoms with E-state index in [0.29, 0.717) is 24.6 Å². The van der Waals surface area contributed by atoms with Crippen LogP contribution in [-0.4, -0.2) is 39.5 Å². The van der Waals surface area contributed by atoms with Crippen LogP contribution < -0.4 is 5.73 Å². The highest BCUT2D eigenvalue weighted by Crippen LogP contribution is 2.26. The van der Waals surface area contributed by atoms with Crippen molar-refractivity contribution in [2.75, 3.05) is 26.8 Å². The standard InChI is InChI=1S/C15H24N2O3S/c1-3-15(16)13-5-4-6-14(9-13)21(18,19)17-8-7-12(10-17)11-20-2/h4-6,9,12,15H,3,7-8,10-11,16H2,1-2H3. The van der Waals surface area contributed by atoms with Gasteiger partial charge in [-0.05, 0) is 36.5 Å². The summed E-state index contributed by atoms with van der Waals surface area (Å²) in [6.45, 7) is 3.68. The van der Waals surface area contributed by atoms with Gasteiger partial charge in [-0.25, -0.2) is 8.42 Å². The van der Waals surface area contributed by atoms with Crippen molar-refractivity contribution >= 4 is 10.0 Å². The molecule has 1 aliphatic heterocycles. The minimum absolute atomic E-state index is 0.125. The van der Waals surface area contributed by atoms with Gasteiger partial charge in [-0.3, -0.25) is 0 Å². The third kappa shape index (κ3) is 3.63. The molecule has 0 saturated carbocycles. The molecule has 5 nitrogen and oxygen atoms in total. The van der Waals surface area contributed by atoms with Gasteiger partial charge in [-0.1, -0.05) is 19.1 Å². The Hall–Kier alpha value is -0.950. The van der Waals surface area contributed by atoms with Crippen LogP contribution in [0.4, 0.5) is 0 Å². The van der Waals surface area contributed by atoms with Crippen LogP contribution in [0.1, 0.15) is 31.4 Å². The second-order valence-electron chi connectivity index (χ2n) is 5.56. The summed E-state index contributed by atoms with van der Waals surface area (Å²) in [6.07, 6.45) is 1.63. The Morgan fingerprint density at radius 3 is 2.90 bits per heavy atom. The van der Waals surface area contributed by atoms with Gasteiger partial charge in [-0.15, -0.1) is 0 Å². The number of hydrogen-bond acceptors (Lipinski definition) is 4. The monoisotopic (exact) mass is 312 g/mol. The van der Waals surface area contributed by atoms with E-state index in [1.54, 1.807) is 29.6 Å². The SMILES string of the molecule is CCC(N)c1cccc(S(=O)(=O)N2CCC(COC)C2)c1. The first-order valence-corrected chi connectivity index (χ1v) is 8.77. The van der Waals surface area contributed by atoms with Crippen LogP contribution >= 0.6 is 0 Å². The molecule has 1 saturated heterocycles. The molecule has 0 radical (unpaired) electrons. The van der Waals surface area contributed by atoms with Crippen LogP contribution in [0, 0.1) is 5.92 Å². The molecule has 1 aromatic rings. The van der Waals surface area contributed by atoms with Gasteiger partial charge in [0.1, 0.15) is 0 Å². The lowest BCUT2D eigenvalue weighted by molar-refractivity contribution is 0.157.